The van der Waals surface area contributed by atoms with Crippen molar-refractivity contribution in [1.29, 1.82) is 0 Å². The van der Waals surface area contributed by atoms with Crippen LogP contribution in [0, 0.1) is 0 Å². The van der Waals surface area contributed by atoms with Crippen LogP contribution < -0.4 is 0 Å². The molecule has 46 valence electrons. The van der Waals surface area contributed by atoms with E-state index in [1.165, 1.54) is 0 Å². The first-order chi connectivity index (χ1) is 3.97. The lowest BCUT2D eigenvalue weighted by atomic mass is 10.6. The van der Waals surface area contributed by atoms with Gasteiger partial charge in [-0.1, -0.05) is 0 Å². The minimum Gasteiger partial charge on any atom is -0.338 e. The maximum atomic E-state index is 5.18. The summed E-state index contributed by atoms with van der Waals surface area (Å²) in [6.07, 6.45) is 0.00926. The second-order valence-corrected chi connectivity index (χ2v) is 2.08. The summed E-state index contributed by atoms with van der Waals surface area (Å²) in [6, 6.07) is 0. The largest absolute Gasteiger partial charge is 0.338 e. The number of hydrogen-bond acceptors (Lipinski definition) is 3. The number of ether oxygens (including phenoxy) is 2. The van der Waals surface area contributed by atoms with E-state index in [2.05, 4.69) is 4.90 Å². The van der Waals surface area contributed by atoms with Gasteiger partial charge in [0.1, 0.15) is 0 Å². The van der Waals surface area contributed by atoms with Crippen LogP contribution in [0.5, 0.6) is 0 Å². The molecule has 3 heteroatoms. The molecule has 0 unspecified atom stereocenters. The lowest BCUT2D eigenvalue weighted by Gasteiger charge is -2.08. The van der Waals surface area contributed by atoms with Gasteiger partial charge in [0.15, 0.2) is 0 Å². The fraction of sp³-hybridized carbons (Fsp3) is 1.00. The van der Waals surface area contributed by atoms with Crippen LogP contribution in [0.25, 0.3) is 0 Å². The van der Waals surface area contributed by atoms with E-state index in [0.717, 1.165) is 26.3 Å². The highest BCUT2D eigenvalue weighted by Gasteiger charge is 2.30. The van der Waals surface area contributed by atoms with Crippen molar-refractivity contribution in [2.45, 2.75) is 6.41 Å². The van der Waals surface area contributed by atoms with Gasteiger partial charge < -0.3 is 9.47 Å². The molecule has 2 heterocycles. The molecule has 2 rings (SSSR count). The third kappa shape index (κ3) is 0.555. The van der Waals surface area contributed by atoms with Crippen molar-refractivity contribution in [3.05, 3.63) is 0 Å². The van der Waals surface area contributed by atoms with Gasteiger partial charge in [0.25, 0.3) is 0 Å². The van der Waals surface area contributed by atoms with Crippen LogP contribution in [-0.2, 0) is 9.47 Å². The fourth-order valence-corrected chi connectivity index (χ4v) is 1.12. The molecule has 0 spiro atoms. The first-order valence-corrected chi connectivity index (χ1v) is 2.94. The molecule has 0 N–H and O–H groups in total. The summed E-state index contributed by atoms with van der Waals surface area (Å²) in [7, 11) is 0. The highest BCUT2D eigenvalue weighted by molar-refractivity contribution is 4.67. The molecule has 2 saturated heterocycles. The van der Waals surface area contributed by atoms with Gasteiger partial charge in [0.2, 0.25) is 6.41 Å². The summed E-state index contributed by atoms with van der Waals surface area (Å²) in [5.74, 6) is 0. The second-order valence-electron chi connectivity index (χ2n) is 2.08. The summed E-state index contributed by atoms with van der Waals surface area (Å²) >= 11 is 0. The lowest BCUT2D eigenvalue weighted by molar-refractivity contribution is -0.121. The van der Waals surface area contributed by atoms with Crippen LogP contribution in [0.15, 0.2) is 0 Å². The molecule has 0 aromatic rings. The van der Waals surface area contributed by atoms with Crippen molar-refractivity contribution in [3.63, 3.8) is 0 Å². The Labute approximate surface area is 48.2 Å². The van der Waals surface area contributed by atoms with Gasteiger partial charge in [-0.05, 0) is 0 Å². The predicted octanol–water partition coefficient (Wildman–Crippen LogP) is -0.368. The van der Waals surface area contributed by atoms with E-state index in [0.29, 0.717) is 0 Å². The molecule has 3 nitrogen and oxygen atoms in total. The molecule has 0 amide bonds. The minimum atomic E-state index is 0.00926. The molecule has 8 heavy (non-hydrogen) atoms. The van der Waals surface area contributed by atoms with Crippen molar-refractivity contribution in [3.8, 4) is 0 Å². The van der Waals surface area contributed by atoms with Crippen molar-refractivity contribution < 1.29 is 9.47 Å². The normalized spacial score (nSPS) is 31.5. The number of nitrogens with zero attached hydrogens (tertiary/aromatic N) is 1. The van der Waals surface area contributed by atoms with Gasteiger partial charge in [0, 0.05) is 13.1 Å². The number of hydrogen-bond donors (Lipinski definition) is 0. The number of rotatable bonds is 0. The quantitative estimate of drug-likeness (QED) is 0.430. The van der Waals surface area contributed by atoms with Gasteiger partial charge in [-0.3, -0.25) is 4.90 Å². The molecular formula is C5H9NO2. The SMILES string of the molecule is C1CN2CCOC2O1. The van der Waals surface area contributed by atoms with Gasteiger partial charge in [0.05, 0.1) is 13.2 Å². The van der Waals surface area contributed by atoms with Crippen LogP contribution in [0.4, 0.5) is 0 Å². The number of fused-ring (bicyclic) bond motifs is 1. The molecule has 0 aliphatic carbocycles. The standard InChI is InChI=1S/C5H9NO2/c1-3-7-5-6(1)2-4-8-5/h5H,1-4H2. The zero-order valence-electron chi connectivity index (χ0n) is 4.67. The molecular weight excluding hydrogens is 106 g/mol. The smallest absolute Gasteiger partial charge is 0.218 e. The maximum absolute atomic E-state index is 5.18. The zero-order valence-corrected chi connectivity index (χ0v) is 4.67. The Morgan fingerprint density at radius 3 is 2.25 bits per heavy atom. The van der Waals surface area contributed by atoms with E-state index < -0.39 is 0 Å². The molecule has 2 fully saturated rings. The van der Waals surface area contributed by atoms with E-state index >= 15 is 0 Å². The zero-order chi connectivity index (χ0) is 5.40. The highest BCUT2D eigenvalue weighted by atomic mass is 16.7. The van der Waals surface area contributed by atoms with Gasteiger partial charge in [-0.2, -0.15) is 0 Å². The molecule has 0 aromatic carbocycles. The maximum Gasteiger partial charge on any atom is 0.218 e. The van der Waals surface area contributed by atoms with Crippen LogP contribution in [0.3, 0.4) is 0 Å². The summed E-state index contributed by atoms with van der Waals surface area (Å²) < 4.78 is 10.4. The first kappa shape index (κ1) is 4.73. The molecule has 0 saturated carbocycles. The van der Waals surface area contributed by atoms with E-state index in [4.69, 9.17) is 9.47 Å². The summed E-state index contributed by atoms with van der Waals surface area (Å²) in [5, 5.41) is 0. The fourth-order valence-electron chi connectivity index (χ4n) is 1.12. The summed E-state index contributed by atoms with van der Waals surface area (Å²) in [6.45, 7) is 3.77. The van der Waals surface area contributed by atoms with Crippen LogP contribution in [-0.4, -0.2) is 37.6 Å². The Kier molecular flexibility index (Phi) is 0.997. The van der Waals surface area contributed by atoms with Crippen LogP contribution in [0.2, 0.25) is 0 Å². The van der Waals surface area contributed by atoms with Crippen LogP contribution >= 0.6 is 0 Å². The molecule has 0 bridgehead atoms. The van der Waals surface area contributed by atoms with Gasteiger partial charge in [-0.15, -0.1) is 0 Å². The molecule has 0 aromatic heterocycles. The predicted molar refractivity (Wildman–Crippen MR) is 27.3 cm³/mol. The van der Waals surface area contributed by atoms with Crippen molar-refractivity contribution >= 4 is 0 Å². The minimum absolute atomic E-state index is 0.00926. The van der Waals surface area contributed by atoms with E-state index in [-0.39, 0.29) is 6.41 Å². The van der Waals surface area contributed by atoms with Crippen molar-refractivity contribution in [1.82, 2.24) is 4.90 Å². The van der Waals surface area contributed by atoms with E-state index in [1.807, 2.05) is 0 Å². The molecule has 0 radical (unpaired) electrons. The molecule has 0 atom stereocenters. The van der Waals surface area contributed by atoms with E-state index in [9.17, 15) is 0 Å². The Morgan fingerprint density at radius 2 is 1.75 bits per heavy atom. The van der Waals surface area contributed by atoms with Crippen LogP contribution in [0.1, 0.15) is 0 Å². The monoisotopic (exact) mass is 115 g/mol. The Bertz CT molecular complexity index is 76.4. The van der Waals surface area contributed by atoms with Gasteiger partial charge in [-0.25, -0.2) is 0 Å². The average Bonchev–Trinajstić information content (AvgIpc) is 2.15. The second kappa shape index (κ2) is 1.69. The first-order valence-electron chi connectivity index (χ1n) is 2.94. The van der Waals surface area contributed by atoms with E-state index in [1.54, 1.807) is 0 Å². The van der Waals surface area contributed by atoms with Crippen molar-refractivity contribution in [2.24, 2.45) is 0 Å². The van der Waals surface area contributed by atoms with Crippen molar-refractivity contribution in [2.75, 3.05) is 26.3 Å². The lowest BCUT2D eigenvalue weighted by Crippen LogP contribution is -2.23. The third-order valence-electron chi connectivity index (χ3n) is 1.58. The van der Waals surface area contributed by atoms with Gasteiger partial charge >= 0.3 is 0 Å². The average molecular weight is 115 g/mol. The topological polar surface area (TPSA) is 21.7 Å². The third-order valence-corrected chi connectivity index (χ3v) is 1.58. The molecule has 2 aliphatic rings. The Morgan fingerprint density at radius 1 is 1.12 bits per heavy atom. The Balaban J connectivity index is 2.04. The summed E-state index contributed by atoms with van der Waals surface area (Å²) in [5.41, 5.74) is 0. The molecule has 2 aliphatic heterocycles. The highest BCUT2D eigenvalue weighted by Crippen LogP contribution is 2.15. The Hall–Kier alpha value is -0.120. The summed E-state index contributed by atoms with van der Waals surface area (Å²) in [4.78, 5) is 2.19.